The molecule has 0 atom stereocenters. The van der Waals surface area contributed by atoms with Crippen LogP contribution < -0.4 is 5.56 Å². The van der Waals surface area contributed by atoms with Crippen LogP contribution >= 0.6 is 0 Å². The molecule has 0 aliphatic rings. The minimum Gasteiger partial charge on any atom is -0.453 e. The molecule has 96 valence electrons. The van der Waals surface area contributed by atoms with E-state index in [1.807, 2.05) is 37.3 Å². The van der Waals surface area contributed by atoms with E-state index in [9.17, 15) is 4.79 Å². The van der Waals surface area contributed by atoms with Crippen molar-refractivity contribution in [2.24, 2.45) is 0 Å². The van der Waals surface area contributed by atoms with Gasteiger partial charge in [0, 0.05) is 10.9 Å². The third kappa shape index (κ3) is 1.95. The van der Waals surface area contributed by atoms with E-state index in [0.29, 0.717) is 17.1 Å². The average Bonchev–Trinajstić information content (AvgIpc) is 2.85. The van der Waals surface area contributed by atoms with Crippen molar-refractivity contribution in [3.8, 4) is 11.6 Å². The summed E-state index contributed by atoms with van der Waals surface area (Å²) in [6, 6.07) is 9.62. The monoisotopic (exact) mass is 254 g/mol. The van der Waals surface area contributed by atoms with Crippen LogP contribution in [0.1, 0.15) is 18.2 Å². The molecule has 2 aromatic heterocycles. The summed E-state index contributed by atoms with van der Waals surface area (Å²) in [6.07, 6.45) is 0.725. The second-order valence-corrected chi connectivity index (χ2v) is 4.49. The van der Waals surface area contributed by atoms with E-state index in [2.05, 4.69) is 9.97 Å². The van der Waals surface area contributed by atoms with Crippen LogP contribution in [-0.2, 0) is 6.42 Å². The van der Waals surface area contributed by atoms with E-state index in [-0.39, 0.29) is 5.56 Å². The fourth-order valence-corrected chi connectivity index (χ4v) is 2.14. The van der Waals surface area contributed by atoms with Crippen LogP contribution in [0.4, 0.5) is 0 Å². The molecule has 0 unspecified atom stereocenters. The van der Waals surface area contributed by atoms with Gasteiger partial charge in [-0.05, 0) is 25.5 Å². The Balaban J connectivity index is 2.21. The van der Waals surface area contributed by atoms with Gasteiger partial charge in [-0.25, -0.2) is 4.98 Å². The molecule has 0 aliphatic heterocycles. The van der Waals surface area contributed by atoms with Gasteiger partial charge < -0.3 is 9.40 Å². The first-order valence-electron chi connectivity index (χ1n) is 6.27. The maximum absolute atomic E-state index is 11.9. The molecule has 19 heavy (non-hydrogen) atoms. The zero-order valence-electron chi connectivity index (χ0n) is 10.9. The number of benzene rings is 1. The molecule has 1 N–H and O–H groups in total. The molecule has 3 rings (SSSR count). The SMILES string of the molecule is CCc1nc(-c2cc3ccccc3o2)[nH]c(=O)c1C. The van der Waals surface area contributed by atoms with Gasteiger partial charge in [0.05, 0.1) is 5.69 Å². The molecule has 0 bridgehead atoms. The Kier molecular flexibility index (Phi) is 2.71. The highest BCUT2D eigenvalue weighted by atomic mass is 16.3. The number of para-hydroxylation sites is 1. The second-order valence-electron chi connectivity index (χ2n) is 4.49. The van der Waals surface area contributed by atoms with E-state index < -0.39 is 0 Å². The maximum Gasteiger partial charge on any atom is 0.254 e. The molecule has 4 heteroatoms. The zero-order chi connectivity index (χ0) is 13.4. The van der Waals surface area contributed by atoms with Crippen molar-refractivity contribution in [1.29, 1.82) is 0 Å². The van der Waals surface area contributed by atoms with Gasteiger partial charge in [0.1, 0.15) is 5.58 Å². The Morgan fingerprint density at radius 1 is 1.32 bits per heavy atom. The van der Waals surface area contributed by atoms with E-state index in [4.69, 9.17) is 4.42 Å². The lowest BCUT2D eigenvalue weighted by Crippen LogP contribution is -2.15. The number of hydrogen-bond acceptors (Lipinski definition) is 3. The summed E-state index contributed by atoms with van der Waals surface area (Å²) in [5.41, 5.74) is 2.16. The Labute approximate surface area is 110 Å². The first-order chi connectivity index (χ1) is 9.19. The first-order valence-corrected chi connectivity index (χ1v) is 6.27. The summed E-state index contributed by atoms with van der Waals surface area (Å²) in [7, 11) is 0. The number of hydrogen-bond donors (Lipinski definition) is 1. The lowest BCUT2D eigenvalue weighted by atomic mass is 10.2. The maximum atomic E-state index is 11.9. The van der Waals surface area contributed by atoms with Crippen LogP contribution in [-0.4, -0.2) is 9.97 Å². The molecule has 0 saturated carbocycles. The summed E-state index contributed by atoms with van der Waals surface area (Å²) in [5.74, 6) is 1.08. The van der Waals surface area contributed by atoms with Crippen molar-refractivity contribution in [1.82, 2.24) is 9.97 Å². The number of aryl methyl sites for hydroxylation is 1. The van der Waals surface area contributed by atoms with Gasteiger partial charge in [-0.15, -0.1) is 0 Å². The van der Waals surface area contributed by atoms with Crippen LogP contribution in [0, 0.1) is 6.92 Å². The molecule has 0 saturated heterocycles. The van der Waals surface area contributed by atoms with E-state index >= 15 is 0 Å². The molecule has 0 radical (unpaired) electrons. The topological polar surface area (TPSA) is 58.9 Å². The molecule has 0 aliphatic carbocycles. The number of H-pyrrole nitrogens is 1. The fourth-order valence-electron chi connectivity index (χ4n) is 2.14. The Morgan fingerprint density at radius 3 is 2.84 bits per heavy atom. The smallest absolute Gasteiger partial charge is 0.254 e. The quantitative estimate of drug-likeness (QED) is 0.764. The second kappa shape index (κ2) is 4.39. The molecular weight excluding hydrogens is 240 g/mol. The summed E-state index contributed by atoms with van der Waals surface area (Å²) < 4.78 is 5.72. The molecule has 4 nitrogen and oxygen atoms in total. The van der Waals surface area contributed by atoms with E-state index in [1.165, 1.54) is 0 Å². The van der Waals surface area contributed by atoms with Crippen LogP contribution in [0.3, 0.4) is 0 Å². The number of fused-ring (bicyclic) bond motifs is 1. The molecule has 0 amide bonds. The van der Waals surface area contributed by atoms with Crippen molar-refractivity contribution < 1.29 is 4.42 Å². The van der Waals surface area contributed by atoms with Gasteiger partial charge >= 0.3 is 0 Å². The van der Waals surface area contributed by atoms with Crippen LogP contribution in [0.15, 0.2) is 39.5 Å². The number of nitrogens with one attached hydrogen (secondary N) is 1. The summed E-state index contributed by atoms with van der Waals surface area (Å²) in [5, 5.41) is 0.999. The van der Waals surface area contributed by atoms with Crippen molar-refractivity contribution in [3.63, 3.8) is 0 Å². The molecule has 0 fully saturated rings. The minimum atomic E-state index is -0.109. The van der Waals surface area contributed by atoms with Gasteiger partial charge in [-0.2, -0.15) is 0 Å². The third-order valence-electron chi connectivity index (χ3n) is 3.25. The standard InChI is InChI=1S/C15H14N2O2/c1-3-11-9(2)15(18)17-14(16-11)13-8-10-6-4-5-7-12(10)19-13/h4-8H,3H2,1-2H3,(H,16,17,18). The largest absolute Gasteiger partial charge is 0.453 e. The van der Waals surface area contributed by atoms with Gasteiger partial charge in [-0.1, -0.05) is 25.1 Å². The van der Waals surface area contributed by atoms with Gasteiger partial charge in [0.2, 0.25) is 0 Å². The normalized spacial score (nSPS) is 11.1. The van der Waals surface area contributed by atoms with Gasteiger partial charge in [-0.3, -0.25) is 4.79 Å². The number of nitrogens with zero attached hydrogens (tertiary/aromatic N) is 1. The van der Waals surface area contributed by atoms with Crippen molar-refractivity contribution in [2.75, 3.05) is 0 Å². The zero-order valence-corrected chi connectivity index (χ0v) is 10.9. The highest BCUT2D eigenvalue weighted by Gasteiger charge is 2.11. The third-order valence-corrected chi connectivity index (χ3v) is 3.25. The van der Waals surface area contributed by atoms with E-state index in [0.717, 1.165) is 23.1 Å². The van der Waals surface area contributed by atoms with Gasteiger partial charge in [0.15, 0.2) is 11.6 Å². The highest BCUT2D eigenvalue weighted by Crippen LogP contribution is 2.25. The number of aromatic amines is 1. The Bertz CT molecular complexity index is 766. The fraction of sp³-hybridized carbons (Fsp3) is 0.200. The predicted molar refractivity (Wildman–Crippen MR) is 74.2 cm³/mol. The molecule has 3 aromatic rings. The average molecular weight is 254 g/mol. The number of furan rings is 1. The van der Waals surface area contributed by atoms with Crippen LogP contribution in [0.5, 0.6) is 0 Å². The summed E-state index contributed by atoms with van der Waals surface area (Å²) >= 11 is 0. The highest BCUT2D eigenvalue weighted by molar-refractivity contribution is 5.81. The molecule has 0 spiro atoms. The van der Waals surface area contributed by atoms with Gasteiger partial charge in [0.25, 0.3) is 5.56 Å². The molecule has 1 aromatic carbocycles. The lowest BCUT2D eigenvalue weighted by Gasteiger charge is -2.03. The first kappa shape index (κ1) is 11.7. The minimum absolute atomic E-state index is 0.109. The van der Waals surface area contributed by atoms with Crippen LogP contribution in [0.2, 0.25) is 0 Å². The molecular formula is C15H14N2O2. The number of aromatic nitrogens is 2. The van der Waals surface area contributed by atoms with Crippen LogP contribution in [0.25, 0.3) is 22.6 Å². The Morgan fingerprint density at radius 2 is 2.11 bits per heavy atom. The Hall–Kier alpha value is -2.36. The van der Waals surface area contributed by atoms with Crippen molar-refractivity contribution in [3.05, 3.63) is 51.9 Å². The van der Waals surface area contributed by atoms with Crippen molar-refractivity contribution in [2.45, 2.75) is 20.3 Å². The summed E-state index contributed by atoms with van der Waals surface area (Å²) in [4.78, 5) is 19.1. The number of rotatable bonds is 2. The van der Waals surface area contributed by atoms with Crippen molar-refractivity contribution >= 4 is 11.0 Å². The predicted octanol–water partition coefficient (Wildman–Crippen LogP) is 3.05. The van der Waals surface area contributed by atoms with E-state index in [1.54, 1.807) is 6.92 Å². The summed E-state index contributed by atoms with van der Waals surface area (Å²) in [6.45, 7) is 3.77. The molecule has 2 heterocycles. The lowest BCUT2D eigenvalue weighted by molar-refractivity contribution is 0.623.